The number of para-hydroxylation sites is 1. The third-order valence-electron chi connectivity index (χ3n) is 4.49. The maximum absolute atomic E-state index is 10.9. The van der Waals surface area contributed by atoms with Crippen LogP contribution in [0.25, 0.3) is 22.4 Å². The molecule has 0 saturated carbocycles. The molecule has 0 spiro atoms. The summed E-state index contributed by atoms with van der Waals surface area (Å²) in [6, 6.07) is 9.31. The van der Waals surface area contributed by atoms with E-state index in [-0.39, 0.29) is 11.7 Å². The first kappa shape index (κ1) is 16.1. The molecule has 5 rings (SSSR count). The summed E-state index contributed by atoms with van der Waals surface area (Å²) in [6.07, 6.45) is 5.84. The van der Waals surface area contributed by atoms with Gasteiger partial charge in [-0.05, 0) is 19.1 Å². The summed E-state index contributed by atoms with van der Waals surface area (Å²) in [4.78, 5) is 19.5. The standard InChI is InChI=1S/C17H13N9O2/c1-11(23-9-13(7-19-23)26(27)28)15-21-17-14-8-20-25(12-5-3-2-4-6-12)16(14)18-10-24(17)22-15/h2-11H,1H3/t11-/m0/s1. The van der Waals surface area contributed by atoms with E-state index in [1.54, 1.807) is 21.7 Å². The van der Waals surface area contributed by atoms with Crippen LogP contribution in [0.5, 0.6) is 0 Å². The molecule has 11 heteroatoms. The molecule has 0 aliphatic rings. The maximum Gasteiger partial charge on any atom is 0.307 e. The van der Waals surface area contributed by atoms with E-state index in [1.165, 1.54) is 17.1 Å². The van der Waals surface area contributed by atoms with Crippen molar-refractivity contribution in [3.63, 3.8) is 0 Å². The first-order valence-electron chi connectivity index (χ1n) is 8.45. The second-order valence-corrected chi connectivity index (χ2v) is 6.22. The minimum atomic E-state index is -0.487. The van der Waals surface area contributed by atoms with Crippen molar-refractivity contribution in [2.24, 2.45) is 0 Å². The molecule has 5 aromatic rings. The zero-order valence-corrected chi connectivity index (χ0v) is 14.6. The molecule has 11 nitrogen and oxygen atoms in total. The number of fused-ring (bicyclic) bond motifs is 3. The van der Waals surface area contributed by atoms with E-state index in [4.69, 9.17) is 0 Å². The van der Waals surface area contributed by atoms with E-state index in [1.807, 2.05) is 37.3 Å². The number of rotatable bonds is 4. The van der Waals surface area contributed by atoms with Gasteiger partial charge in [0.25, 0.3) is 0 Å². The van der Waals surface area contributed by atoms with Gasteiger partial charge in [0.05, 0.1) is 22.2 Å². The molecular formula is C17H13N9O2. The Balaban J connectivity index is 1.60. The molecule has 0 saturated heterocycles. The van der Waals surface area contributed by atoms with Crippen molar-refractivity contribution in [1.82, 2.24) is 39.1 Å². The molecule has 4 heterocycles. The van der Waals surface area contributed by atoms with Gasteiger partial charge in [-0.25, -0.2) is 19.2 Å². The van der Waals surface area contributed by atoms with Gasteiger partial charge in [-0.15, -0.1) is 5.10 Å². The lowest BCUT2D eigenvalue weighted by Crippen LogP contribution is -2.09. The Morgan fingerprint density at radius 1 is 1.11 bits per heavy atom. The molecular weight excluding hydrogens is 362 g/mol. The van der Waals surface area contributed by atoms with Crippen LogP contribution in [-0.2, 0) is 0 Å². The summed E-state index contributed by atoms with van der Waals surface area (Å²) in [5.74, 6) is 0.472. The van der Waals surface area contributed by atoms with Crippen LogP contribution in [0.1, 0.15) is 18.8 Å². The lowest BCUT2D eigenvalue weighted by Gasteiger charge is -2.05. The second kappa shape index (κ2) is 5.94. The zero-order chi connectivity index (χ0) is 19.3. The predicted octanol–water partition coefficient (Wildman–Crippen LogP) is 2.18. The van der Waals surface area contributed by atoms with Crippen LogP contribution in [0.15, 0.2) is 55.2 Å². The molecule has 28 heavy (non-hydrogen) atoms. The Labute approximate surface area is 157 Å². The van der Waals surface area contributed by atoms with Crippen molar-refractivity contribution in [3.05, 3.63) is 71.2 Å². The first-order chi connectivity index (χ1) is 13.6. The van der Waals surface area contributed by atoms with Crippen molar-refractivity contribution >= 4 is 22.4 Å². The lowest BCUT2D eigenvalue weighted by atomic mass is 10.3. The summed E-state index contributed by atoms with van der Waals surface area (Å²) in [7, 11) is 0. The van der Waals surface area contributed by atoms with Gasteiger partial charge in [-0.1, -0.05) is 18.2 Å². The minimum Gasteiger partial charge on any atom is -0.258 e. The Hall–Kier alpha value is -4.15. The van der Waals surface area contributed by atoms with E-state index in [0.29, 0.717) is 17.1 Å². The topological polar surface area (TPSA) is 122 Å². The minimum absolute atomic E-state index is 0.0798. The molecule has 0 bridgehead atoms. The van der Waals surface area contributed by atoms with Crippen LogP contribution in [0.4, 0.5) is 5.69 Å². The van der Waals surface area contributed by atoms with Gasteiger partial charge in [-0.2, -0.15) is 10.2 Å². The number of benzene rings is 1. The molecule has 1 atom stereocenters. The van der Waals surface area contributed by atoms with Gasteiger partial charge in [0.1, 0.15) is 24.8 Å². The highest BCUT2D eigenvalue weighted by atomic mass is 16.6. The molecule has 0 N–H and O–H groups in total. The molecule has 0 fully saturated rings. The molecule has 0 unspecified atom stereocenters. The Morgan fingerprint density at radius 2 is 1.93 bits per heavy atom. The van der Waals surface area contributed by atoms with Gasteiger partial charge >= 0.3 is 5.69 Å². The summed E-state index contributed by atoms with van der Waals surface area (Å²) < 4.78 is 4.78. The fraction of sp³-hybridized carbons (Fsp3) is 0.118. The van der Waals surface area contributed by atoms with Crippen molar-refractivity contribution in [2.45, 2.75) is 13.0 Å². The Morgan fingerprint density at radius 3 is 2.68 bits per heavy atom. The van der Waals surface area contributed by atoms with Gasteiger partial charge in [0.15, 0.2) is 17.1 Å². The van der Waals surface area contributed by atoms with Crippen LogP contribution in [-0.4, -0.2) is 44.1 Å². The average molecular weight is 375 g/mol. The number of hydrogen-bond acceptors (Lipinski definition) is 7. The van der Waals surface area contributed by atoms with Gasteiger partial charge in [-0.3, -0.25) is 14.8 Å². The zero-order valence-electron chi connectivity index (χ0n) is 14.6. The van der Waals surface area contributed by atoms with E-state index >= 15 is 0 Å². The van der Waals surface area contributed by atoms with Crippen molar-refractivity contribution < 1.29 is 4.92 Å². The lowest BCUT2D eigenvalue weighted by molar-refractivity contribution is -0.385. The summed E-state index contributed by atoms with van der Waals surface area (Å²) in [5.41, 5.74) is 2.09. The van der Waals surface area contributed by atoms with Crippen molar-refractivity contribution in [2.75, 3.05) is 0 Å². The Bertz CT molecular complexity index is 1320. The number of nitrogens with zero attached hydrogens (tertiary/aromatic N) is 9. The normalized spacial score (nSPS) is 12.6. The van der Waals surface area contributed by atoms with Gasteiger partial charge in [0.2, 0.25) is 0 Å². The molecule has 0 radical (unpaired) electrons. The monoisotopic (exact) mass is 375 g/mol. The quantitative estimate of drug-likeness (QED) is 0.348. The van der Waals surface area contributed by atoms with Crippen LogP contribution in [0.2, 0.25) is 0 Å². The highest BCUT2D eigenvalue weighted by Gasteiger charge is 2.20. The van der Waals surface area contributed by atoms with Crippen LogP contribution >= 0.6 is 0 Å². The second-order valence-electron chi connectivity index (χ2n) is 6.22. The largest absolute Gasteiger partial charge is 0.307 e. The Kier molecular flexibility index (Phi) is 3.41. The van der Waals surface area contributed by atoms with Gasteiger partial charge < -0.3 is 0 Å². The van der Waals surface area contributed by atoms with E-state index in [2.05, 4.69) is 25.3 Å². The van der Waals surface area contributed by atoms with Crippen molar-refractivity contribution in [1.29, 1.82) is 0 Å². The highest BCUT2D eigenvalue weighted by Crippen LogP contribution is 2.22. The molecule has 1 aromatic carbocycles. The summed E-state index contributed by atoms with van der Waals surface area (Å²) in [5, 5.41) is 24.6. The fourth-order valence-corrected chi connectivity index (χ4v) is 3.02. The smallest absolute Gasteiger partial charge is 0.258 e. The number of nitro groups is 1. The third kappa shape index (κ3) is 2.40. The molecule has 0 amide bonds. The first-order valence-corrected chi connectivity index (χ1v) is 8.45. The summed E-state index contributed by atoms with van der Waals surface area (Å²) in [6.45, 7) is 1.82. The van der Waals surface area contributed by atoms with Gasteiger partial charge in [0, 0.05) is 0 Å². The maximum atomic E-state index is 10.9. The van der Waals surface area contributed by atoms with E-state index in [9.17, 15) is 10.1 Å². The molecule has 4 aromatic heterocycles. The number of hydrogen-bond donors (Lipinski definition) is 0. The third-order valence-corrected chi connectivity index (χ3v) is 4.49. The van der Waals surface area contributed by atoms with Crippen LogP contribution in [0.3, 0.4) is 0 Å². The molecule has 0 aliphatic heterocycles. The fourth-order valence-electron chi connectivity index (χ4n) is 3.02. The SMILES string of the molecule is C[C@@H](c1nc2c3cnn(-c4ccccc4)c3ncn2n1)n1cc([N+](=O)[O-])cn1. The molecule has 138 valence electrons. The van der Waals surface area contributed by atoms with Crippen molar-refractivity contribution in [3.8, 4) is 5.69 Å². The molecule has 0 aliphatic carbocycles. The predicted molar refractivity (Wildman–Crippen MR) is 98.1 cm³/mol. The van der Waals surface area contributed by atoms with Crippen LogP contribution in [0, 0.1) is 10.1 Å². The number of aromatic nitrogens is 8. The average Bonchev–Trinajstić information content (AvgIpc) is 3.44. The van der Waals surface area contributed by atoms with E-state index < -0.39 is 4.92 Å². The highest BCUT2D eigenvalue weighted by molar-refractivity contribution is 5.89. The van der Waals surface area contributed by atoms with Crippen LogP contribution < -0.4 is 0 Å². The summed E-state index contributed by atoms with van der Waals surface area (Å²) >= 11 is 0. The van der Waals surface area contributed by atoms with E-state index in [0.717, 1.165) is 11.1 Å².